The van der Waals surface area contributed by atoms with Crippen molar-refractivity contribution < 1.29 is 15.0 Å². The Morgan fingerprint density at radius 2 is 1.09 bits per heavy atom. The smallest absolute Gasteiger partial charge is 0.220 e. The number of rotatable bonds is 26. The van der Waals surface area contributed by atoms with Gasteiger partial charge < -0.3 is 15.5 Å². The van der Waals surface area contributed by atoms with E-state index in [1.54, 1.807) is 6.08 Å². The van der Waals surface area contributed by atoms with Crippen LogP contribution in [0.4, 0.5) is 0 Å². The number of nitrogens with one attached hydrogen (secondary N) is 1. The number of aliphatic hydroxyl groups excluding tert-OH is 2. The lowest BCUT2D eigenvalue weighted by Gasteiger charge is -2.20. The van der Waals surface area contributed by atoms with Gasteiger partial charge in [0.15, 0.2) is 0 Å². The summed E-state index contributed by atoms with van der Waals surface area (Å²) in [6.07, 6.45) is 30.0. The maximum Gasteiger partial charge on any atom is 0.220 e. The number of hydrogen-bond donors (Lipinski definition) is 3. The van der Waals surface area contributed by atoms with E-state index in [-0.39, 0.29) is 12.5 Å². The van der Waals surface area contributed by atoms with Gasteiger partial charge in [0.2, 0.25) is 5.91 Å². The van der Waals surface area contributed by atoms with Gasteiger partial charge in [0, 0.05) is 6.42 Å². The fourth-order valence-electron chi connectivity index (χ4n) is 4.41. The summed E-state index contributed by atoms with van der Waals surface area (Å²) in [4.78, 5) is 12.2. The Labute approximate surface area is 212 Å². The van der Waals surface area contributed by atoms with Crippen molar-refractivity contribution in [1.82, 2.24) is 5.32 Å². The van der Waals surface area contributed by atoms with Gasteiger partial charge in [0.25, 0.3) is 0 Å². The summed E-state index contributed by atoms with van der Waals surface area (Å²) < 4.78 is 0. The minimum absolute atomic E-state index is 0.0687. The van der Waals surface area contributed by atoms with E-state index in [0.717, 1.165) is 25.7 Å². The highest BCUT2D eigenvalue weighted by molar-refractivity contribution is 5.76. The summed E-state index contributed by atoms with van der Waals surface area (Å²) in [7, 11) is 0. The van der Waals surface area contributed by atoms with Crippen molar-refractivity contribution in [1.29, 1.82) is 0 Å². The van der Waals surface area contributed by atoms with Gasteiger partial charge in [0.05, 0.1) is 18.8 Å². The quantitative estimate of drug-likeness (QED) is 0.0865. The topological polar surface area (TPSA) is 69.6 Å². The number of amides is 1. The molecule has 0 aromatic heterocycles. The van der Waals surface area contributed by atoms with Crippen LogP contribution in [0, 0.1) is 0 Å². The molecular formula is C30H59NO3. The van der Waals surface area contributed by atoms with Gasteiger partial charge in [-0.3, -0.25) is 4.79 Å². The van der Waals surface area contributed by atoms with Crippen molar-refractivity contribution in [2.24, 2.45) is 0 Å². The molecule has 0 saturated carbocycles. The van der Waals surface area contributed by atoms with Gasteiger partial charge in [-0.15, -0.1) is 0 Å². The van der Waals surface area contributed by atoms with Crippen LogP contribution in [-0.4, -0.2) is 34.9 Å². The van der Waals surface area contributed by atoms with Crippen LogP contribution in [0.25, 0.3) is 0 Å². The predicted molar refractivity (Wildman–Crippen MR) is 147 cm³/mol. The summed E-state index contributed by atoms with van der Waals surface area (Å²) in [5.74, 6) is -0.0687. The molecular weight excluding hydrogens is 422 g/mol. The molecule has 0 heterocycles. The second-order valence-corrected chi connectivity index (χ2v) is 10.2. The Hall–Kier alpha value is -0.870. The number of carbonyl (C=O) groups excluding carboxylic acids is 1. The summed E-state index contributed by atoms with van der Waals surface area (Å²) in [6.45, 7) is 4.24. The van der Waals surface area contributed by atoms with Crippen LogP contribution in [-0.2, 0) is 4.79 Å². The van der Waals surface area contributed by atoms with Crippen LogP contribution in [0.15, 0.2) is 12.2 Å². The van der Waals surface area contributed by atoms with Crippen LogP contribution in [0.5, 0.6) is 0 Å². The molecule has 2 unspecified atom stereocenters. The molecule has 0 saturated heterocycles. The standard InChI is InChI=1S/C30H59NO3/c1-3-5-7-9-11-12-13-14-15-16-17-18-20-22-24-26-30(34)31-28(27-32)29(33)25-23-21-19-10-8-6-4-2/h23,25,28-29,32-33H,3-22,24,26-27H2,1-2H3,(H,31,34)/b25-23+. The Bertz CT molecular complexity index is 452. The molecule has 0 fully saturated rings. The van der Waals surface area contributed by atoms with Crippen molar-refractivity contribution in [3.8, 4) is 0 Å². The lowest BCUT2D eigenvalue weighted by molar-refractivity contribution is -0.123. The van der Waals surface area contributed by atoms with Gasteiger partial charge in [-0.05, 0) is 19.3 Å². The maximum absolute atomic E-state index is 12.2. The first kappa shape index (κ1) is 33.1. The first-order valence-electron chi connectivity index (χ1n) is 14.9. The molecule has 4 heteroatoms. The van der Waals surface area contributed by atoms with Crippen molar-refractivity contribution >= 4 is 5.91 Å². The first-order valence-corrected chi connectivity index (χ1v) is 14.9. The maximum atomic E-state index is 12.2. The normalized spacial score (nSPS) is 13.4. The second kappa shape index (κ2) is 26.7. The first-order chi connectivity index (χ1) is 16.7. The van der Waals surface area contributed by atoms with Crippen molar-refractivity contribution in [2.75, 3.05) is 6.61 Å². The van der Waals surface area contributed by atoms with Gasteiger partial charge >= 0.3 is 0 Å². The van der Waals surface area contributed by atoms with E-state index in [2.05, 4.69) is 19.2 Å². The predicted octanol–water partition coefficient (Wildman–Crippen LogP) is 8.00. The highest BCUT2D eigenvalue weighted by Gasteiger charge is 2.17. The lowest BCUT2D eigenvalue weighted by atomic mass is 10.0. The van der Waals surface area contributed by atoms with Crippen LogP contribution >= 0.6 is 0 Å². The molecule has 0 spiro atoms. The third-order valence-corrected chi connectivity index (χ3v) is 6.77. The molecule has 0 aliphatic heterocycles. The van der Waals surface area contributed by atoms with Gasteiger partial charge in [-0.25, -0.2) is 0 Å². The molecule has 0 aromatic carbocycles. The second-order valence-electron chi connectivity index (χ2n) is 10.2. The largest absolute Gasteiger partial charge is 0.394 e. The highest BCUT2D eigenvalue weighted by Crippen LogP contribution is 2.14. The van der Waals surface area contributed by atoms with E-state index < -0.39 is 12.1 Å². The van der Waals surface area contributed by atoms with E-state index in [0.29, 0.717) is 6.42 Å². The van der Waals surface area contributed by atoms with E-state index in [1.807, 2.05) is 6.08 Å². The zero-order valence-corrected chi connectivity index (χ0v) is 22.9. The summed E-state index contributed by atoms with van der Waals surface area (Å²) in [5.41, 5.74) is 0. The monoisotopic (exact) mass is 481 g/mol. The fourth-order valence-corrected chi connectivity index (χ4v) is 4.41. The average Bonchev–Trinajstić information content (AvgIpc) is 2.84. The average molecular weight is 482 g/mol. The molecule has 0 radical (unpaired) electrons. The summed E-state index contributed by atoms with van der Waals surface area (Å²) >= 11 is 0. The minimum atomic E-state index is -0.828. The zero-order chi connectivity index (χ0) is 25.1. The molecule has 3 N–H and O–H groups in total. The molecule has 4 nitrogen and oxygen atoms in total. The van der Waals surface area contributed by atoms with Crippen LogP contribution < -0.4 is 5.32 Å². The lowest BCUT2D eigenvalue weighted by Crippen LogP contribution is -2.45. The molecule has 0 rings (SSSR count). The van der Waals surface area contributed by atoms with Crippen molar-refractivity contribution in [2.45, 2.75) is 167 Å². The van der Waals surface area contributed by atoms with E-state index in [9.17, 15) is 15.0 Å². The number of aliphatic hydroxyl groups is 2. The third-order valence-electron chi connectivity index (χ3n) is 6.77. The summed E-state index contributed by atoms with van der Waals surface area (Å²) in [5, 5.41) is 22.6. The number of carbonyl (C=O) groups is 1. The molecule has 0 aliphatic rings. The molecule has 1 amide bonds. The third kappa shape index (κ3) is 22.9. The van der Waals surface area contributed by atoms with Crippen molar-refractivity contribution in [3.63, 3.8) is 0 Å². The van der Waals surface area contributed by atoms with E-state index in [4.69, 9.17) is 0 Å². The molecule has 0 aliphatic carbocycles. The Balaban J connectivity index is 3.59. The molecule has 202 valence electrons. The summed E-state index contributed by atoms with van der Waals surface area (Å²) in [6, 6.07) is -0.611. The van der Waals surface area contributed by atoms with Gasteiger partial charge in [-0.2, -0.15) is 0 Å². The van der Waals surface area contributed by atoms with Crippen LogP contribution in [0.3, 0.4) is 0 Å². The Morgan fingerprint density at radius 3 is 1.53 bits per heavy atom. The van der Waals surface area contributed by atoms with E-state index in [1.165, 1.54) is 109 Å². The Morgan fingerprint density at radius 1 is 0.676 bits per heavy atom. The SMILES string of the molecule is CCCCCCC/C=C/C(O)C(CO)NC(=O)CCCCCCCCCCCCCCCCC. The van der Waals surface area contributed by atoms with Crippen LogP contribution in [0.1, 0.15) is 155 Å². The van der Waals surface area contributed by atoms with Crippen LogP contribution in [0.2, 0.25) is 0 Å². The van der Waals surface area contributed by atoms with Crippen molar-refractivity contribution in [3.05, 3.63) is 12.2 Å². The molecule has 34 heavy (non-hydrogen) atoms. The number of unbranched alkanes of at least 4 members (excludes halogenated alkanes) is 19. The molecule has 0 bridgehead atoms. The molecule has 2 atom stereocenters. The number of allylic oxidation sites excluding steroid dienone is 1. The zero-order valence-electron chi connectivity index (χ0n) is 22.9. The Kier molecular flexibility index (Phi) is 26.0. The van der Waals surface area contributed by atoms with Gasteiger partial charge in [0.1, 0.15) is 0 Å². The fraction of sp³-hybridized carbons (Fsp3) is 0.900. The molecule has 0 aromatic rings. The number of hydrogen-bond acceptors (Lipinski definition) is 3. The van der Waals surface area contributed by atoms with Gasteiger partial charge in [-0.1, -0.05) is 142 Å². The minimum Gasteiger partial charge on any atom is -0.394 e. The van der Waals surface area contributed by atoms with E-state index >= 15 is 0 Å². The highest BCUT2D eigenvalue weighted by atomic mass is 16.3.